The lowest BCUT2D eigenvalue weighted by Crippen LogP contribution is -2.27. The van der Waals surface area contributed by atoms with E-state index < -0.39 is 5.41 Å². The number of rotatable bonds is 4. The van der Waals surface area contributed by atoms with Crippen LogP contribution < -0.4 is 5.32 Å². The number of anilines is 1. The molecule has 8 nitrogen and oxygen atoms in total. The first-order chi connectivity index (χ1) is 17.4. The third-order valence-corrected chi connectivity index (χ3v) is 6.13. The van der Waals surface area contributed by atoms with Gasteiger partial charge in [0.15, 0.2) is 0 Å². The lowest BCUT2D eigenvalue weighted by atomic mass is 9.95. The van der Waals surface area contributed by atoms with E-state index in [-0.39, 0.29) is 5.91 Å². The van der Waals surface area contributed by atoms with E-state index in [1.54, 1.807) is 24.9 Å². The second-order valence-electron chi connectivity index (χ2n) is 9.79. The van der Waals surface area contributed by atoms with Crippen molar-refractivity contribution in [3.05, 3.63) is 73.5 Å². The van der Waals surface area contributed by atoms with Gasteiger partial charge in [0.25, 0.3) is 0 Å². The Labute approximate surface area is 206 Å². The minimum Gasteiger partial charge on any atom is -0.472 e. The summed E-state index contributed by atoms with van der Waals surface area (Å²) in [5.41, 5.74) is 7.92. The summed E-state index contributed by atoms with van der Waals surface area (Å²) in [6, 6.07) is 15.9. The quantitative estimate of drug-likeness (QED) is 0.272. The van der Waals surface area contributed by atoms with E-state index in [1.165, 1.54) is 0 Å². The first-order valence-corrected chi connectivity index (χ1v) is 11.6. The van der Waals surface area contributed by atoms with Gasteiger partial charge < -0.3 is 14.7 Å². The van der Waals surface area contributed by atoms with Crippen molar-refractivity contribution in [3.8, 4) is 33.8 Å². The van der Waals surface area contributed by atoms with Gasteiger partial charge in [-0.15, -0.1) is 0 Å². The molecule has 0 fully saturated rings. The number of hydrogen-bond acceptors (Lipinski definition) is 5. The van der Waals surface area contributed by atoms with Crippen LogP contribution in [0.2, 0.25) is 0 Å². The number of benzene rings is 1. The minimum absolute atomic E-state index is 0.0735. The molecule has 178 valence electrons. The molecule has 1 aromatic carbocycles. The molecule has 0 spiro atoms. The molecule has 0 aliphatic rings. The molecule has 0 bridgehead atoms. The summed E-state index contributed by atoms with van der Waals surface area (Å²) in [5.74, 6) is -0.0735. The Hall–Kier alpha value is -4.72. The van der Waals surface area contributed by atoms with Crippen LogP contribution in [0.3, 0.4) is 0 Å². The molecule has 5 heterocycles. The first-order valence-electron chi connectivity index (χ1n) is 11.6. The third-order valence-electron chi connectivity index (χ3n) is 6.13. The lowest BCUT2D eigenvalue weighted by molar-refractivity contribution is -0.123. The van der Waals surface area contributed by atoms with Crippen LogP contribution in [-0.2, 0) is 4.79 Å². The molecular formula is C28H24N6O2. The normalized spacial score (nSPS) is 11.9. The molecule has 0 saturated heterocycles. The van der Waals surface area contributed by atoms with Gasteiger partial charge in [-0.1, -0.05) is 32.9 Å². The van der Waals surface area contributed by atoms with Gasteiger partial charge in [-0.25, -0.2) is 4.98 Å². The third kappa shape index (κ3) is 3.82. The number of nitrogens with zero attached hydrogens (tertiary/aromatic N) is 3. The Morgan fingerprint density at radius 3 is 2.69 bits per heavy atom. The van der Waals surface area contributed by atoms with Crippen LogP contribution >= 0.6 is 0 Å². The standard InChI is InChI=1S/C28H24N6O2/c1-28(2,3)27(35)30-18-11-17(13-29-14-18)21-7-8-23-25(32-21)26(34-33-23)24-12-20-19(16-9-10-36-15-16)5-4-6-22(20)31-24/h4-15,31H,1-3H3,(H,30,35)(H,33,34). The fraction of sp³-hybridized carbons (Fsp3) is 0.143. The smallest absolute Gasteiger partial charge is 0.229 e. The SMILES string of the molecule is CC(C)(C)C(=O)Nc1cncc(-c2ccc3[nH]nc(-c4cc5c(-c6ccoc6)cccc5[nH]4)c3n2)c1. The van der Waals surface area contributed by atoms with Gasteiger partial charge in [-0.05, 0) is 42.0 Å². The zero-order chi connectivity index (χ0) is 24.9. The van der Waals surface area contributed by atoms with Gasteiger partial charge in [0.2, 0.25) is 5.91 Å². The fourth-order valence-corrected chi connectivity index (χ4v) is 4.17. The maximum absolute atomic E-state index is 12.4. The van der Waals surface area contributed by atoms with Crippen LogP contribution in [0.25, 0.3) is 55.7 Å². The maximum Gasteiger partial charge on any atom is 0.229 e. The van der Waals surface area contributed by atoms with E-state index >= 15 is 0 Å². The highest BCUT2D eigenvalue weighted by Gasteiger charge is 2.21. The van der Waals surface area contributed by atoms with Crippen LogP contribution in [-0.4, -0.2) is 31.1 Å². The van der Waals surface area contributed by atoms with Crippen molar-refractivity contribution in [1.29, 1.82) is 0 Å². The van der Waals surface area contributed by atoms with Crippen molar-refractivity contribution in [3.63, 3.8) is 0 Å². The highest BCUT2D eigenvalue weighted by molar-refractivity contribution is 6.00. The number of hydrogen-bond donors (Lipinski definition) is 3. The number of nitrogens with one attached hydrogen (secondary N) is 3. The zero-order valence-electron chi connectivity index (χ0n) is 20.1. The van der Waals surface area contributed by atoms with E-state index in [0.717, 1.165) is 55.7 Å². The minimum atomic E-state index is -0.504. The van der Waals surface area contributed by atoms with Crippen molar-refractivity contribution in [1.82, 2.24) is 25.1 Å². The molecule has 0 aliphatic carbocycles. The van der Waals surface area contributed by atoms with E-state index in [9.17, 15) is 4.79 Å². The summed E-state index contributed by atoms with van der Waals surface area (Å²) in [7, 11) is 0. The van der Waals surface area contributed by atoms with Crippen molar-refractivity contribution in [2.45, 2.75) is 20.8 Å². The summed E-state index contributed by atoms with van der Waals surface area (Å²) in [5, 5.41) is 11.7. The summed E-state index contributed by atoms with van der Waals surface area (Å²) in [4.78, 5) is 25.1. The predicted molar refractivity (Wildman–Crippen MR) is 140 cm³/mol. The van der Waals surface area contributed by atoms with Gasteiger partial charge in [-0.3, -0.25) is 14.9 Å². The van der Waals surface area contributed by atoms with Crippen LogP contribution in [0, 0.1) is 5.41 Å². The van der Waals surface area contributed by atoms with Crippen LogP contribution in [0.15, 0.2) is 77.9 Å². The topological polar surface area (TPSA) is 112 Å². The number of aromatic amines is 2. The lowest BCUT2D eigenvalue weighted by Gasteiger charge is -2.17. The molecule has 0 radical (unpaired) electrons. The molecule has 3 N–H and O–H groups in total. The largest absolute Gasteiger partial charge is 0.472 e. The van der Waals surface area contributed by atoms with E-state index in [0.29, 0.717) is 5.69 Å². The molecule has 36 heavy (non-hydrogen) atoms. The summed E-state index contributed by atoms with van der Waals surface area (Å²) in [6.07, 6.45) is 6.79. The van der Waals surface area contributed by atoms with Crippen LogP contribution in [0.1, 0.15) is 20.8 Å². The monoisotopic (exact) mass is 476 g/mol. The van der Waals surface area contributed by atoms with E-state index in [1.807, 2.05) is 57.2 Å². The number of carbonyl (C=O) groups excluding carboxylic acids is 1. The molecule has 0 unspecified atom stereocenters. The maximum atomic E-state index is 12.4. The van der Waals surface area contributed by atoms with Gasteiger partial charge in [0.1, 0.15) is 11.2 Å². The van der Waals surface area contributed by atoms with Gasteiger partial charge in [0.05, 0.1) is 41.3 Å². The second kappa shape index (κ2) is 8.20. The Balaban J connectivity index is 1.40. The Morgan fingerprint density at radius 1 is 1.00 bits per heavy atom. The zero-order valence-corrected chi connectivity index (χ0v) is 20.1. The highest BCUT2D eigenvalue weighted by Crippen LogP contribution is 2.34. The fourth-order valence-electron chi connectivity index (χ4n) is 4.17. The van der Waals surface area contributed by atoms with Gasteiger partial charge in [-0.2, -0.15) is 5.10 Å². The Kier molecular flexibility index (Phi) is 4.96. The number of pyridine rings is 2. The highest BCUT2D eigenvalue weighted by atomic mass is 16.3. The van der Waals surface area contributed by atoms with E-state index in [2.05, 4.69) is 37.6 Å². The average Bonchev–Trinajstić information content (AvgIpc) is 3.62. The van der Waals surface area contributed by atoms with Crippen molar-refractivity contribution in [2.75, 3.05) is 5.32 Å². The number of fused-ring (bicyclic) bond motifs is 2. The molecule has 6 rings (SSSR count). The van der Waals surface area contributed by atoms with Crippen LogP contribution in [0.5, 0.6) is 0 Å². The molecule has 0 aliphatic heterocycles. The van der Waals surface area contributed by atoms with Gasteiger partial charge in [0, 0.05) is 33.6 Å². The average molecular weight is 477 g/mol. The molecule has 6 aromatic rings. The summed E-state index contributed by atoms with van der Waals surface area (Å²) < 4.78 is 5.29. The predicted octanol–water partition coefficient (Wildman–Crippen LogP) is 6.41. The number of amides is 1. The molecule has 0 saturated carbocycles. The van der Waals surface area contributed by atoms with Gasteiger partial charge >= 0.3 is 0 Å². The Morgan fingerprint density at radius 2 is 1.89 bits per heavy atom. The first kappa shape index (κ1) is 21.8. The van der Waals surface area contributed by atoms with E-state index in [4.69, 9.17) is 9.40 Å². The molecule has 1 amide bonds. The van der Waals surface area contributed by atoms with Crippen molar-refractivity contribution >= 4 is 33.5 Å². The second-order valence-corrected chi connectivity index (χ2v) is 9.79. The van der Waals surface area contributed by atoms with Crippen molar-refractivity contribution < 1.29 is 9.21 Å². The van der Waals surface area contributed by atoms with Crippen molar-refractivity contribution in [2.24, 2.45) is 5.41 Å². The number of H-pyrrole nitrogens is 2. The summed E-state index contributed by atoms with van der Waals surface area (Å²) >= 11 is 0. The molecule has 5 aromatic heterocycles. The summed E-state index contributed by atoms with van der Waals surface area (Å²) in [6.45, 7) is 5.62. The number of carbonyl (C=O) groups is 1. The molecule has 8 heteroatoms. The van der Waals surface area contributed by atoms with Crippen LogP contribution in [0.4, 0.5) is 5.69 Å². The molecule has 0 atom stereocenters. The number of aromatic nitrogens is 5. The Bertz CT molecular complexity index is 1720. The number of furan rings is 1. The molecular weight excluding hydrogens is 452 g/mol.